The summed E-state index contributed by atoms with van der Waals surface area (Å²) in [6, 6.07) is 8.75. The third-order valence-corrected chi connectivity index (χ3v) is 6.98. The number of carbonyl (C=O) groups is 1. The highest BCUT2D eigenvalue weighted by Crippen LogP contribution is 2.31. The first-order chi connectivity index (χ1) is 18.0. The summed E-state index contributed by atoms with van der Waals surface area (Å²) >= 11 is 1.26. The van der Waals surface area contributed by atoms with Gasteiger partial charge >= 0.3 is 5.91 Å². The van der Waals surface area contributed by atoms with Crippen molar-refractivity contribution in [2.24, 2.45) is 10.7 Å². The molecule has 0 radical (unpaired) electrons. The predicted octanol–water partition coefficient (Wildman–Crippen LogP) is 1.81. The van der Waals surface area contributed by atoms with E-state index < -0.39 is 59.8 Å². The molecule has 1 aromatic heterocycles. The average Bonchev–Trinajstić information content (AvgIpc) is 3.40. The minimum absolute atomic E-state index is 0.0492. The van der Waals surface area contributed by atoms with Crippen molar-refractivity contribution in [2.45, 2.75) is 6.54 Å². The van der Waals surface area contributed by atoms with Crippen molar-refractivity contribution < 1.29 is 38.0 Å². The lowest BCUT2D eigenvalue weighted by molar-refractivity contribution is -0.581. The Labute approximate surface area is 223 Å². The maximum absolute atomic E-state index is 13.6. The summed E-state index contributed by atoms with van der Waals surface area (Å²) in [6.45, 7) is -0.149. The van der Waals surface area contributed by atoms with Gasteiger partial charge in [-0.2, -0.15) is 11.3 Å². The number of nitrogens with zero attached hydrogens (tertiary/aromatic N) is 1. The molecule has 1 heterocycles. The largest absolute Gasteiger partial charge is 0.505 e. The van der Waals surface area contributed by atoms with Gasteiger partial charge in [-0.05, 0) is 41.8 Å². The lowest BCUT2D eigenvalue weighted by Gasteiger charge is -2.12. The van der Waals surface area contributed by atoms with Gasteiger partial charge in [0.1, 0.15) is 29.1 Å². The van der Waals surface area contributed by atoms with E-state index >= 15 is 0 Å². The Balaban J connectivity index is 2.03. The lowest BCUT2D eigenvalue weighted by atomic mass is 10.1. The fraction of sp³-hybridized carbons (Fsp3) is 0.0870. The Morgan fingerprint density at radius 3 is 2.55 bits per heavy atom. The van der Waals surface area contributed by atoms with Crippen molar-refractivity contribution >= 4 is 64.8 Å². The molecule has 3 rings (SSSR count). The number of anilines is 1. The number of primary amides is 1. The first kappa shape index (κ1) is 29.2. The fourth-order valence-corrected chi connectivity index (χ4v) is 4.89. The normalized spacial score (nSPS) is 13.3. The van der Waals surface area contributed by atoms with Crippen LogP contribution in [0.3, 0.4) is 0 Å². The van der Waals surface area contributed by atoms with Crippen LogP contribution in [-0.2, 0) is 22.3 Å². The Hall–Kier alpha value is -3.39. The summed E-state index contributed by atoms with van der Waals surface area (Å²) in [7, 11) is -4.14. The number of quaternary nitrogens is 1. The molecule has 0 spiro atoms. The Morgan fingerprint density at radius 1 is 1.21 bits per heavy atom. The second kappa shape index (κ2) is 12.9. The molecule has 0 saturated heterocycles. The SMILES string of the molecule is CS(=O)Nc1ccc(N=C(N)/C(C(=O)[NH2+]Cc2ccc(F)c(F)c2)=C(\O)C(=N)c2ccsc2)c(P(O)O)c1. The molecular formula is C23H23F2N5O5PS2+. The van der Waals surface area contributed by atoms with Crippen molar-refractivity contribution in [2.75, 3.05) is 11.0 Å². The van der Waals surface area contributed by atoms with Gasteiger partial charge in [-0.1, -0.05) is 6.07 Å². The Morgan fingerprint density at radius 2 is 1.95 bits per heavy atom. The first-order valence-electron chi connectivity index (χ1n) is 10.6. The van der Waals surface area contributed by atoms with Crippen LogP contribution >= 0.6 is 19.7 Å². The molecule has 15 heteroatoms. The monoisotopic (exact) mass is 582 g/mol. The highest BCUT2D eigenvalue weighted by atomic mass is 32.2. The molecule has 0 aliphatic rings. The molecule has 0 aliphatic heterocycles. The molecule has 0 saturated carbocycles. The third-order valence-electron chi connectivity index (χ3n) is 4.99. The predicted molar refractivity (Wildman–Crippen MR) is 144 cm³/mol. The summed E-state index contributed by atoms with van der Waals surface area (Å²) in [5.74, 6) is -4.32. The van der Waals surface area contributed by atoms with Gasteiger partial charge in [0.2, 0.25) is 8.38 Å². The molecule has 38 heavy (non-hydrogen) atoms. The van der Waals surface area contributed by atoms with Crippen LogP contribution in [-0.4, -0.2) is 42.8 Å². The zero-order valence-electron chi connectivity index (χ0n) is 19.7. The van der Waals surface area contributed by atoms with Crippen molar-refractivity contribution in [3.05, 3.63) is 87.3 Å². The van der Waals surface area contributed by atoms with Crippen LogP contribution < -0.4 is 21.1 Å². The molecule has 0 aliphatic carbocycles. The van der Waals surface area contributed by atoms with Gasteiger partial charge in [-0.15, -0.1) is 0 Å². The summed E-state index contributed by atoms with van der Waals surface area (Å²) in [6.07, 6.45) is 1.38. The fourth-order valence-electron chi connectivity index (χ4n) is 3.21. The maximum atomic E-state index is 13.6. The lowest BCUT2D eigenvalue weighted by Crippen LogP contribution is -2.87. The molecule has 1 unspecified atom stereocenters. The zero-order valence-corrected chi connectivity index (χ0v) is 22.2. The number of amidine groups is 1. The van der Waals surface area contributed by atoms with E-state index in [1.165, 1.54) is 41.9 Å². The number of nitrogens with one attached hydrogen (secondary N) is 2. The van der Waals surface area contributed by atoms with E-state index in [2.05, 4.69) is 9.71 Å². The number of aliphatic imine (C=N–C) groups is 1. The number of hydrogen-bond donors (Lipinski definition) is 7. The summed E-state index contributed by atoms with van der Waals surface area (Å²) in [5, 5.41) is 23.4. The molecule has 1 atom stereocenters. The molecule has 1 amide bonds. The van der Waals surface area contributed by atoms with Crippen molar-refractivity contribution in [1.82, 2.24) is 0 Å². The van der Waals surface area contributed by atoms with Crippen molar-refractivity contribution in [3.8, 4) is 0 Å². The molecule has 10 nitrogen and oxygen atoms in total. The third kappa shape index (κ3) is 7.34. The Bertz CT molecular complexity index is 1450. The molecule has 200 valence electrons. The number of benzene rings is 2. The number of rotatable bonds is 10. The second-order valence-corrected chi connectivity index (χ2v) is 10.6. The maximum Gasteiger partial charge on any atom is 0.350 e. The first-order valence-corrected chi connectivity index (χ1v) is 14.4. The van der Waals surface area contributed by atoms with Crippen molar-refractivity contribution in [1.29, 1.82) is 5.41 Å². The van der Waals surface area contributed by atoms with E-state index in [9.17, 15) is 32.7 Å². The number of aliphatic hydroxyl groups excluding tert-OH is 1. The van der Waals surface area contributed by atoms with E-state index in [0.717, 1.165) is 17.4 Å². The molecule has 9 N–H and O–H groups in total. The van der Waals surface area contributed by atoms with Gasteiger partial charge in [0.05, 0.1) is 11.0 Å². The van der Waals surface area contributed by atoms with Crippen LogP contribution in [0.5, 0.6) is 0 Å². The minimum atomic E-state index is -2.70. The van der Waals surface area contributed by atoms with E-state index in [0.29, 0.717) is 11.3 Å². The van der Waals surface area contributed by atoms with E-state index in [1.54, 1.807) is 16.8 Å². The van der Waals surface area contributed by atoms with Gasteiger partial charge in [-0.3, -0.25) is 10.7 Å². The molecule has 0 fully saturated rings. The van der Waals surface area contributed by atoms with Crippen LogP contribution in [0.25, 0.3) is 0 Å². The number of carbonyl (C=O) groups excluding carboxylic acids is 1. The van der Waals surface area contributed by atoms with Crippen LogP contribution in [0.4, 0.5) is 20.2 Å². The number of allylic oxidation sites excluding steroid dienone is 1. The summed E-state index contributed by atoms with van der Waals surface area (Å²) in [4.78, 5) is 37.0. The molecule has 0 bridgehead atoms. The molecule has 3 aromatic rings. The number of thiophene rings is 1. The van der Waals surface area contributed by atoms with Gasteiger partial charge in [0.25, 0.3) is 0 Å². The number of hydrogen-bond acceptors (Lipinski definition) is 8. The quantitative estimate of drug-likeness (QED) is 0.0628. The highest BCUT2D eigenvalue weighted by molar-refractivity contribution is 7.85. The Kier molecular flexibility index (Phi) is 9.91. The van der Waals surface area contributed by atoms with Crippen molar-refractivity contribution in [3.63, 3.8) is 0 Å². The van der Waals surface area contributed by atoms with Crippen LogP contribution in [0, 0.1) is 17.0 Å². The van der Waals surface area contributed by atoms with Gasteiger partial charge in [0, 0.05) is 28.5 Å². The van der Waals surface area contributed by atoms with Crippen LogP contribution in [0.15, 0.2) is 69.5 Å². The van der Waals surface area contributed by atoms with Crippen LogP contribution in [0.2, 0.25) is 0 Å². The highest BCUT2D eigenvalue weighted by Gasteiger charge is 2.27. The van der Waals surface area contributed by atoms with Crippen LogP contribution in [0.1, 0.15) is 11.1 Å². The van der Waals surface area contributed by atoms with Gasteiger partial charge in [0.15, 0.2) is 23.0 Å². The van der Waals surface area contributed by atoms with E-state index in [4.69, 9.17) is 11.1 Å². The topological polar surface area (TPSA) is 186 Å². The standard InChI is InChI=1S/C23H22F2N5O5PS2/c1-38(35)30-14-3-5-17(18(9-14)36(33)34)29-22(27)19(21(31)20(26)13-6-7-37-11-13)23(32)28-10-12-2-4-15(24)16(25)8-12/h2-9,11,26,30-31,33-34H,10H2,1H3,(H2,27,29)(H,28,32)/p+1/b21-19+,26-20?. The van der Waals surface area contributed by atoms with E-state index in [-0.39, 0.29) is 23.1 Å². The summed E-state index contributed by atoms with van der Waals surface area (Å²) < 4.78 is 40.9. The van der Waals surface area contributed by atoms with E-state index in [1.807, 2.05) is 0 Å². The number of aliphatic hydroxyl groups is 1. The zero-order chi connectivity index (χ0) is 28.0. The smallest absolute Gasteiger partial charge is 0.350 e. The average molecular weight is 583 g/mol. The number of amides is 1. The number of nitrogens with two attached hydrogens (primary N) is 2. The minimum Gasteiger partial charge on any atom is -0.505 e. The molecule has 2 aromatic carbocycles. The summed E-state index contributed by atoms with van der Waals surface area (Å²) in [5.41, 5.74) is 5.99. The number of halogens is 2. The van der Waals surface area contributed by atoms with Gasteiger partial charge in [-0.25, -0.2) is 22.8 Å². The molecular weight excluding hydrogens is 559 g/mol. The van der Waals surface area contributed by atoms with Gasteiger partial charge < -0.3 is 25.3 Å². The second-order valence-electron chi connectivity index (χ2n) is 7.68.